The highest BCUT2D eigenvalue weighted by molar-refractivity contribution is 6.58. The zero-order valence-corrected chi connectivity index (χ0v) is 15.2. The average Bonchev–Trinajstić information content (AvgIpc) is 2.53. The molecule has 0 bridgehead atoms. The van der Waals surface area contributed by atoms with E-state index in [2.05, 4.69) is 0 Å². The molecule has 7 nitrogen and oxygen atoms in total. The van der Waals surface area contributed by atoms with Crippen molar-refractivity contribution in [3.05, 3.63) is 23.3 Å². The van der Waals surface area contributed by atoms with Gasteiger partial charge in [0, 0.05) is 37.4 Å². The maximum atomic E-state index is 12.1. The van der Waals surface area contributed by atoms with Crippen LogP contribution in [-0.4, -0.2) is 66.2 Å². The molecule has 0 aromatic heterocycles. The van der Waals surface area contributed by atoms with Crippen LogP contribution in [-0.2, 0) is 4.74 Å². The van der Waals surface area contributed by atoms with Crippen LogP contribution >= 0.6 is 0 Å². The van der Waals surface area contributed by atoms with Crippen LogP contribution in [0.15, 0.2) is 12.1 Å². The number of carbonyl (C=O) groups excluding carboxylic acids is 2. The highest BCUT2D eigenvalue weighted by atomic mass is 16.6. The Kier molecular flexibility index (Phi) is 5.74. The Morgan fingerprint density at radius 2 is 1.80 bits per heavy atom. The molecule has 0 saturated carbocycles. The van der Waals surface area contributed by atoms with Crippen LogP contribution in [0.4, 0.5) is 10.5 Å². The predicted octanol–water partition coefficient (Wildman–Crippen LogP) is 0.544. The van der Waals surface area contributed by atoms with Gasteiger partial charge in [-0.25, -0.2) is 4.79 Å². The number of hydrogen-bond donors (Lipinski definition) is 2. The van der Waals surface area contributed by atoms with E-state index in [4.69, 9.17) is 4.74 Å². The lowest BCUT2D eigenvalue weighted by Crippen LogP contribution is -2.50. The fourth-order valence-electron chi connectivity index (χ4n) is 2.80. The average molecular weight is 348 g/mol. The lowest BCUT2D eigenvalue weighted by atomic mass is 9.78. The third-order valence-corrected chi connectivity index (χ3v) is 4.14. The molecule has 1 saturated heterocycles. The summed E-state index contributed by atoms with van der Waals surface area (Å²) in [6.45, 7) is 9.46. The van der Waals surface area contributed by atoms with Crippen molar-refractivity contribution in [1.29, 1.82) is 0 Å². The van der Waals surface area contributed by atoms with E-state index in [0.717, 1.165) is 11.3 Å². The summed E-state index contributed by atoms with van der Waals surface area (Å²) in [6.07, 6.45) is 0.374. The summed E-state index contributed by atoms with van der Waals surface area (Å²) in [5.41, 5.74) is 1.73. The van der Waals surface area contributed by atoms with Gasteiger partial charge in [-0.3, -0.25) is 4.79 Å². The normalized spacial score (nSPS) is 15.1. The first-order valence-electron chi connectivity index (χ1n) is 8.31. The second-order valence-corrected chi connectivity index (χ2v) is 7.20. The van der Waals surface area contributed by atoms with E-state index < -0.39 is 12.7 Å². The van der Waals surface area contributed by atoms with E-state index in [1.807, 2.05) is 32.6 Å². The fourth-order valence-corrected chi connectivity index (χ4v) is 2.80. The van der Waals surface area contributed by atoms with Crippen molar-refractivity contribution >= 4 is 30.6 Å². The van der Waals surface area contributed by atoms with Gasteiger partial charge in [0.2, 0.25) is 0 Å². The van der Waals surface area contributed by atoms with Crippen molar-refractivity contribution in [1.82, 2.24) is 4.90 Å². The summed E-state index contributed by atoms with van der Waals surface area (Å²) >= 11 is 0. The zero-order chi connectivity index (χ0) is 18.8. The standard InChI is InChI=1S/C17H25BN2O5/c1-12-13(11-21)9-14(18(23)24)10-15(12)19-5-7-20(8-6-19)16(22)25-17(2,3)4/h9-11,23-24H,5-8H2,1-4H3. The van der Waals surface area contributed by atoms with E-state index in [1.165, 1.54) is 6.07 Å². The second kappa shape index (κ2) is 7.45. The molecule has 2 N–H and O–H groups in total. The lowest BCUT2D eigenvalue weighted by molar-refractivity contribution is 0.0240. The quantitative estimate of drug-likeness (QED) is 0.612. The van der Waals surface area contributed by atoms with E-state index in [-0.39, 0.29) is 11.6 Å². The molecule has 1 aromatic carbocycles. The number of aldehydes is 1. The summed E-state index contributed by atoms with van der Waals surface area (Å²) in [4.78, 5) is 27.1. The Balaban J connectivity index is 2.14. The smallest absolute Gasteiger partial charge is 0.444 e. The van der Waals surface area contributed by atoms with Crippen LogP contribution in [0.1, 0.15) is 36.7 Å². The number of anilines is 1. The summed E-state index contributed by atoms with van der Waals surface area (Å²) in [5.74, 6) is 0. The van der Waals surface area contributed by atoms with Gasteiger partial charge in [-0.15, -0.1) is 0 Å². The maximum Gasteiger partial charge on any atom is 0.488 e. The number of ether oxygens (including phenoxy) is 1. The first-order chi connectivity index (χ1) is 11.6. The molecular weight excluding hydrogens is 323 g/mol. The number of carbonyl (C=O) groups is 2. The Hall–Kier alpha value is -2.06. The largest absolute Gasteiger partial charge is 0.488 e. The highest BCUT2D eigenvalue weighted by Crippen LogP contribution is 2.23. The van der Waals surface area contributed by atoms with Crippen LogP contribution in [0, 0.1) is 6.92 Å². The van der Waals surface area contributed by atoms with E-state index in [1.54, 1.807) is 11.0 Å². The number of amides is 1. The monoisotopic (exact) mass is 348 g/mol. The molecule has 0 spiro atoms. The minimum Gasteiger partial charge on any atom is -0.444 e. The van der Waals surface area contributed by atoms with Gasteiger partial charge in [-0.1, -0.05) is 6.07 Å². The molecule has 0 atom stereocenters. The minimum atomic E-state index is -1.64. The molecule has 1 aliphatic heterocycles. The van der Waals surface area contributed by atoms with Crippen LogP contribution in [0.2, 0.25) is 0 Å². The van der Waals surface area contributed by atoms with Gasteiger partial charge >= 0.3 is 13.2 Å². The van der Waals surface area contributed by atoms with Crippen molar-refractivity contribution in [2.75, 3.05) is 31.1 Å². The number of piperazine rings is 1. The Bertz CT molecular complexity index is 649. The molecule has 1 aromatic rings. The van der Waals surface area contributed by atoms with Gasteiger partial charge in [0.05, 0.1) is 0 Å². The van der Waals surface area contributed by atoms with Gasteiger partial charge < -0.3 is 24.6 Å². The topological polar surface area (TPSA) is 90.3 Å². The van der Waals surface area contributed by atoms with Crippen LogP contribution in [0.3, 0.4) is 0 Å². The number of rotatable bonds is 3. The van der Waals surface area contributed by atoms with Crippen molar-refractivity contribution in [3.63, 3.8) is 0 Å². The number of hydrogen-bond acceptors (Lipinski definition) is 6. The zero-order valence-electron chi connectivity index (χ0n) is 15.2. The molecule has 2 rings (SSSR count). The Labute approximate surface area is 148 Å². The Morgan fingerprint density at radius 3 is 2.28 bits per heavy atom. The molecule has 1 amide bonds. The number of benzene rings is 1. The third kappa shape index (κ3) is 4.73. The summed E-state index contributed by atoms with van der Waals surface area (Å²) in [5, 5.41) is 18.9. The Morgan fingerprint density at radius 1 is 1.20 bits per heavy atom. The van der Waals surface area contributed by atoms with Crippen LogP contribution in [0.5, 0.6) is 0 Å². The predicted molar refractivity (Wildman–Crippen MR) is 96.4 cm³/mol. The van der Waals surface area contributed by atoms with Crippen LogP contribution < -0.4 is 10.4 Å². The molecular formula is C17H25BN2O5. The number of nitrogens with zero attached hydrogens (tertiary/aromatic N) is 2. The molecule has 8 heteroatoms. The van der Waals surface area contributed by atoms with Crippen molar-refractivity contribution < 1.29 is 24.4 Å². The fraction of sp³-hybridized carbons (Fsp3) is 0.529. The van der Waals surface area contributed by atoms with Gasteiger partial charge in [0.25, 0.3) is 0 Å². The maximum absolute atomic E-state index is 12.1. The van der Waals surface area contributed by atoms with E-state index in [9.17, 15) is 19.6 Å². The van der Waals surface area contributed by atoms with Crippen molar-refractivity contribution in [2.24, 2.45) is 0 Å². The molecule has 1 aliphatic rings. The molecule has 1 fully saturated rings. The first-order valence-corrected chi connectivity index (χ1v) is 8.31. The molecule has 1 heterocycles. The summed E-state index contributed by atoms with van der Waals surface area (Å²) in [6, 6.07) is 3.16. The van der Waals surface area contributed by atoms with Crippen LogP contribution in [0.25, 0.3) is 0 Å². The molecule has 0 aliphatic carbocycles. The van der Waals surface area contributed by atoms with Gasteiger partial charge in [-0.2, -0.15) is 0 Å². The third-order valence-electron chi connectivity index (χ3n) is 4.14. The minimum absolute atomic E-state index is 0.275. The molecule has 136 valence electrons. The van der Waals surface area contributed by atoms with Gasteiger partial charge in [0.1, 0.15) is 11.9 Å². The van der Waals surface area contributed by atoms with Crippen molar-refractivity contribution in [2.45, 2.75) is 33.3 Å². The second-order valence-electron chi connectivity index (χ2n) is 7.20. The van der Waals surface area contributed by atoms with E-state index >= 15 is 0 Å². The molecule has 25 heavy (non-hydrogen) atoms. The van der Waals surface area contributed by atoms with Gasteiger partial charge in [-0.05, 0) is 44.8 Å². The highest BCUT2D eigenvalue weighted by Gasteiger charge is 2.27. The van der Waals surface area contributed by atoms with Gasteiger partial charge in [0.15, 0.2) is 0 Å². The first kappa shape index (κ1) is 19.3. The van der Waals surface area contributed by atoms with E-state index in [0.29, 0.717) is 38.0 Å². The summed E-state index contributed by atoms with van der Waals surface area (Å²) in [7, 11) is -1.64. The SMILES string of the molecule is Cc1c(C=O)cc(B(O)O)cc1N1CCN(C(=O)OC(C)(C)C)CC1. The summed E-state index contributed by atoms with van der Waals surface area (Å²) < 4.78 is 5.38. The lowest BCUT2D eigenvalue weighted by Gasteiger charge is -2.37. The molecule has 0 unspecified atom stereocenters. The molecule has 0 radical (unpaired) electrons. The van der Waals surface area contributed by atoms with Crippen molar-refractivity contribution in [3.8, 4) is 0 Å².